The molecule has 2 aromatic carbocycles. The molecule has 8 nitrogen and oxygen atoms in total. The number of aromatic nitrogens is 1. The number of aliphatic carboxylic acids is 1. The summed E-state index contributed by atoms with van der Waals surface area (Å²) in [6.45, 7) is 1.34. The van der Waals surface area contributed by atoms with Crippen molar-refractivity contribution in [2.45, 2.75) is 44.1 Å². The van der Waals surface area contributed by atoms with Crippen molar-refractivity contribution in [2.75, 3.05) is 34.4 Å². The molecule has 1 aliphatic rings. The fourth-order valence-corrected chi connectivity index (χ4v) is 5.41. The molecule has 0 unspecified atom stereocenters. The van der Waals surface area contributed by atoms with Crippen LogP contribution in [-0.2, 0) is 4.79 Å². The minimum Gasteiger partial charge on any atom is -0.497 e. The molecule has 1 heterocycles. The Labute approximate surface area is 262 Å². The first-order valence-corrected chi connectivity index (χ1v) is 14.4. The van der Waals surface area contributed by atoms with Crippen LogP contribution in [0.5, 0.6) is 11.5 Å². The molecule has 1 fully saturated rings. The summed E-state index contributed by atoms with van der Waals surface area (Å²) in [4.78, 5) is 32.5. The highest BCUT2D eigenvalue weighted by Crippen LogP contribution is 2.39. The summed E-state index contributed by atoms with van der Waals surface area (Å²) in [5, 5.41) is 13.7. The lowest BCUT2D eigenvalue weighted by molar-refractivity contribution is -0.145. The molecule has 3 aromatic rings. The lowest BCUT2D eigenvalue weighted by Crippen LogP contribution is -2.55. The van der Waals surface area contributed by atoms with E-state index in [0.29, 0.717) is 63.4 Å². The molecule has 0 radical (unpaired) electrons. The minimum absolute atomic E-state index is 0. The summed E-state index contributed by atoms with van der Waals surface area (Å²) in [5.41, 5.74) is 1.24. The Hall–Kier alpha value is -3.04. The zero-order valence-electron chi connectivity index (χ0n) is 23.9. The Kier molecular flexibility index (Phi) is 11.9. The Balaban J connectivity index is 0.00000484. The quantitative estimate of drug-likeness (QED) is 0.219. The summed E-state index contributed by atoms with van der Waals surface area (Å²) in [6.07, 6.45) is 3.99. The van der Waals surface area contributed by atoms with Crippen LogP contribution in [0.2, 0.25) is 10.0 Å². The van der Waals surface area contributed by atoms with E-state index in [9.17, 15) is 14.7 Å². The average molecular weight is 637 g/mol. The topological polar surface area (TPSA) is 101 Å². The Morgan fingerprint density at radius 2 is 1.71 bits per heavy atom. The van der Waals surface area contributed by atoms with E-state index in [-0.39, 0.29) is 18.1 Å². The van der Waals surface area contributed by atoms with Crippen molar-refractivity contribution in [3.05, 3.63) is 64.3 Å². The molecule has 1 amide bonds. The van der Waals surface area contributed by atoms with Crippen LogP contribution in [0.25, 0.3) is 22.4 Å². The molecule has 42 heavy (non-hydrogen) atoms. The normalized spacial score (nSPS) is 14.1. The number of rotatable bonds is 11. The van der Waals surface area contributed by atoms with E-state index in [0.717, 1.165) is 32.2 Å². The summed E-state index contributed by atoms with van der Waals surface area (Å²) in [7, 11) is 5.57. The van der Waals surface area contributed by atoms with E-state index in [1.807, 2.05) is 14.1 Å². The molecule has 0 aliphatic heterocycles. The zero-order valence-corrected chi connectivity index (χ0v) is 26.2. The van der Waals surface area contributed by atoms with Gasteiger partial charge in [-0.2, -0.15) is 0 Å². The van der Waals surface area contributed by atoms with Gasteiger partial charge in [0.1, 0.15) is 22.7 Å². The predicted molar refractivity (Wildman–Crippen MR) is 169 cm³/mol. The van der Waals surface area contributed by atoms with Gasteiger partial charge in [-0.05, 0) is 75.8 Å². The SMILES string of the molecule is COc1ccc(Cl)c(-c2ccc(C(=O)NC3(C(=O)O)CCCCC3)nc2-c2ccc(Cl)c(OCCCN(C)C)c2)c1.Cl. The van der Waals surface area contributed by atoms with Crippen LogP contribution < -0.4 is 14.8 Å². The number of amides is 1. The average Bonchev–Trinajstić information content (AvgIpc) is 2.96. The number of carbonyl (C=O) groups excluding carboxylic acids is 1. The number of hydrogen-bond acceptors (Lipinski definition) is 6. The van der Waals surface area contributed by atoms with Gasteiger partial charge < -0.3 is 24.8 Å². The number of carbonyl (C=O) groups is 2. The highest BCUT2D eigenvalue weighted by Gasteiger charge is 2.41. The Bertz CT molecular complexity index is 1410. The molecule has 1 saturated carbocycles. The number of ether oxygens (including phenoxy) is 2. The first kappa shape index (κ1) is 33.5. The monoisotopic (exact) mass is 635 g/mol. The molecule has 1 aliphatic carbocycles. The van der Waals surface area contributed by atoms with Gasteiger partial charge in [0.25, 0.3) is 5.91 Å². The van der Waals surface area contributed by atoms with E-state index in [1.165, 1.54) is 0 Å². The summed E-state index contributed by atoms with van der Waals surface area (Å²) < 4.78 is 11.4. The Morgan fingerprint density at radius 1 is 1.00 bits per heavy atom. The lowest BCUT2D eigenvalue weighted by Gasteiger charge is -2.33. The molecule has 2 N–H and O–H groups in total. The second-order valence-electron chi connectivity index (χ2n) is 10.5. The van der Waals surface area contributed by atoms with Gasteiger partial charge in [0, 0.05) is 28.3 Å². The van der Waals surface area contributed by atoms with Gasteiger partial charge in [0.2, 0.25) is 0 Å². The third-order valence-electron chi connectivity index (χ3n) is 7.27. The van der Waals surface area contributed by atoms with Gasteiger partial charge >= 0.3 is 5.97 Å². The van der Waals surface area contributed by atoms with Gasteiger partial charge in [0.05, 0.1) is 24.4 Å². The number of methoxy groups -OCH3 is 1. The highest BCUT2D eigenvalue weighted by molar-refractivity contribution is 6.33. The molecule has 0 atom stereocenters. The van der Waals surface area contributed by atoms with E-state index < -0.39 is 17.4 Å². The number of hydrogen-bond donors (Lipinski definition) is 2. The van der Waals surface area contributed by atoms with Crippen LogP contribution in [0.1, 0.15) is 49.0 Å². The number of halogens is 3. The van der Waals surface area contributed by atoms with Crippen molar-refractivity contribution >= 4 is 47.5 Å². The lowest BCUT2D eigenvalue weighted by atomic mass is 9.81. The molecule has 0 bridgehead atoms. The maximum Gasteiger partial charge on any atom is 0.329 e. The number of nitrogens with zero attached hydrogens (tertiary/aromatic N) is 2. The summed E-state index contributed by atoms with van der Waals surface area (Å²) in [6, 6.07) is 14.0. The fourth-order valence-electron chi connectivity index (χ4n) is 5.01. The number of pyridine rings is 1. The molecule has 4 rings (SSSR count). The van der Waals surface area contributed by atoms with Crippen molar-refractivity contribution in [1.82, 2.24) is 15.2 Å². The van der Waals surface area contributed by atoms with E-state index >= 15 is 0 Å². The first-order valence-electron chi connectivity index (χ1n) is 13.6. The van der Waals surface area contributed by atoms with Crippen molar-refractivity contribution in [2.24, 2.45) is 0 Å². The Morgan fingerprint density at radius 3 is 2.38 bits per heavy atom. The third-order valence-corrected chi connectivity index (χ3v) is 7.91. The number of nitrogens with one attached hydrogen (secondary N) is 1. The van der Waals surface area contributed by atoms with Gasteiger partial charge in [-0.15, -0.1) is 12.4 Å². The summed E-state index contributed by atoms with van der Waals surface area (Å²) in [5.74, 6) is -0.472. The highest BCUT2D eigenvalue weighted by atomic mass is 35.5. The molecular weight excluding hydrogens is 601 g/mol. The molecule has 11 heteroatoms. The fraction of sp³-hybridized carbons (Fsp3) is 0.387. The second kappa shape index (κ2) is 14.9. The van der Waals surface area contributed by atoms with Crippen LogP contribution in [-0.4, -0.2) is 66.8 Å². The minimum atomic E-state index is -1.31. The maximum atomic E-state index is 13.4. The van der Waals surface area contributed by atoms with Gasteiger partial charge in [-0.3, -0.25) is 4.79 Å². The maximum absolute atomic E-state index is 13.4. The molecule has 0 saturated heterocycles. The molecular formula is C31H36Cl3N3O5. The van der Waals surface area contributed by atoms with Crippen LogP contribution in [0, 0.1) is 0 Å². The van der Waals surface area contributed by atoms with Gasteiger partial charge in [0.15, 0.2) is 0 Å². The number of carboxylic acids is 1. The standard InChI is InChI=1S/C31H35Cl2N3O5.ClH/c1-36(2)16-7-17-41-27-18-20(8-11-25(27)33)28-22(23-19-21(40-3)9-12-24(23)32)10-13-26(34-28)29(37)35-31(30(38)39)14-5-4-6-15-31;/h8-13,18-19H,4-7,14-17H2,1-3H3,(H,35,37)(H,38,39);1H. The van der Waals surface area contributed by atoms with Crippen LogP contribution in [0.4, 0.5) is 0 Å². The second-order valence-corrected chi connectivity index (χ2v) is 11.3. The molecule has 0 spiro atoms. The molecule has 226 valence electrons. The largest absolute Gasteiger partial charge is 0.497 e. The van der Waals surface area contributed by atoms with E-state index in [1.54, 1.807) is 55.6 Å². The van der Waals surface area contributed by atoms with Crippen molar-refractivity contribution in [1.29, 1.82) is 0 Å². The molecule has 1 aromatic heterocycles. The summed E-state index contributed by atoms with van der Waals surface area (Å²) >= 11 is 13.1. The van der Waals surface area contributed by atoms with Crippen molar-refractivity contribution in [3.8, 4) is 33.9 Å². The van der Waals surface area contributed by atoms with Crippen LogP contribution >= 0.6 is 35.6 Å². The number of carboxylic acid groups (broad SMARTS) is 1. The van der Waals surface area contributed by atoms with Crippen molar-refractivity contribution in [3.63, 3.8) is 0 Å². The zero-order chi connectivity index (χ0) is 29.6. The van der Waals surface area contributed by atoms with E-state index in [4.69, 9.17) is 37.7 Å². The number of benzene rings is 2. The van der Waals surface area contributed by atoms with Crippen LogP contribution in [0.3, 0.4) is 0 Å². The van der Waals surface area contributed by atoms with Crippen LogP contribution in [0.15, 0.2) is 48.5 Å². The predicted octanol–water partition coefficient (Wildman–Crippen LogP) is 7.00. The van der Waals surface area contributed by atoms with Gasteiger partial charge in [-0.25, -0.2) is 9.78 Å². The van der Waals surface area contributed by atoms with Crippen molar-refractivity contribution < 1.29 is 24.2 Å². The first-order chi connectivity index (χ1) is 19.6. The van der Waals surface area contributed by atoms with Gasteiger partial charge in [-0.1, -0.05) is 48.5 Å². The third kappa shape index (κ3) is 7.86. The smallest absolute Gasteiger partial charge is 0.329 e. The van der Waals surface area contributed by atoms with E-state index in [2.05, 4.69) is 10.2 Å².